The van der Waals surface area contributed by atoms with Gasteiger partial charge in [0.2, 0.25) is 0 Å². The van der Waals surface area contributed by atoms with Gasteiger partial charge in [0.1, 0.15) is 0 Å². The number of rotatable bonds is 5. The smallest absolute Gasteiger partial charge is 0.191 e. The molecule has 1 aromatic heterocycles. The van der Waals surface area contributed by atoms with Crippen LogP contribution < -0.4 is 10.6 Å². The summed E-state index contributed by atoms with van der Waals surface area (Å²) < 4.78 is 5.80. The minimum atomic E-state index is 0. The third-order valence-electron chi connectivity index (χ3n) is 5.37. The summed E-state index contributed by atoms with van der Waals surface area (Å²) >= 11 is 1.87. The largest absolute Gasteiger partial charge is 0.376 e. The average molecular weight is 492 g/mol. The van der Waals surface area contributed by atoms with Gasteiger partial charge in [-0.15, -0.1) is 35.3 Å². The summed E-state index contributed by atoms with van der Waals surface area (Å²) in [5.41, 5.74) is 0. The van der Waals surface area contributed by atoms with Gasteiger partial charge in [-0.3, -0.25) is 9.89 Å². The summed E-state index contributed by atoms with van der Waals surface area (Å²) in [6.07, 6.45) is 6.48. The van der Waals surface area contributed by atoms with Gasteiger partial charge in [-0.25, -0.2) is 0 Å². The van der Waals surface area contributed by atoms with Crippen molar-refractivity contribution in [3.05, 3.63) is 22.4 Å². The Hall–Kier alpha value is -0.380. The lowest BCUT2D eigenvalue weighted by Gasteiger charge is -2.39. The number of halogens is 1. The summed E-state index contributed by atoms with van der Waals surface area (Å²) in [7, 11) is 4.10. The quantitative estimate of drug-likeness (QED) is 0.376. The molecule has 0 spiro atoms. The van der Waals surface area contributed by atoms with Crippen LogP contribution in [-0.2, 0) is 4.74 Å². The molecule has 0 aromatic carbocycles. The summed E-state index contributed by atoms with van der Waals surface area (Å²) in [5, 5.41) is 9.18. The van der Waals surface area contributed by atoms with Crippen molar-refractivity contribution in [1.29, 1.82) is 0 Å². The molecule has 0 bridgehead atoms. The molecule has 2 aliphatic heterocycles. The maximum atomic E-state index is 5.80. The van der Waals surface area contributed by atoms with Crippen molar-refractivity contribution in [2.75, 3.05) is 40.3 Å². The molecular weight excluding hydrogens is 459 g/mol. The molecule has 0 saturated carbocycles. The Morgan fingerprint density at radius 2 is 2.12 bits per heavy atom. The van der Waals surface area contributed by atoms with Crippen LogP contribution in [0.2, 0.25) is 0 Å². The molecule has 0 amide bonds. The van der Waals surface area contributed by atoms with Gasteiger partial charge in [0, 0.05) is 37.7 Å². The minimum absolute atomic E-state index is 0. The second-order valence-electron chi connectivity index (χ2n) is 7.17. The Morgan fingerprint density at radius 1 is 1.27 bits per heavy atom. The van der Waals surface area contributed by atoms with E-state index in [1.807, 2.05) is 18.4 Å². The number of likely N-dealkylation sites (tertiary alicyclic amines) is 1. The van der Waals surface area contributed by atoms with Crippen LogP contribution in [0, 0.1) is 5.92 Å². The van der Waals surface area contributed by atoms with E-state index in [0.29, 0.717) is 18.1 Å². The Labute approximate surface area is 179 Å². The van der Waals surface area contributed by atoms with Gasteiger partial charge in [0.25, 0.3) is 0 Å². The number of hydrogen-bond donors (Lipinski definition) is 2. The van der Waals surface area contributed by atoms with Crippen LogP contribution in [-0.4, -0.2) is 57.3 Å². The molecule has 0 aliphatic carbocycles. The molecule has 2 N–H and O–H groups in total. The molecule has 1 aromatic rings. The van der Waals surface area contributed by atoms with Crippen LogP contribution in [0.1, 0.15) is 43.0 Å². The van der Waals surface area contributed by atoms with Gasteiger partial charge in [0.15, 0.2) is 5.96 Å². The van der Waals surface area contributed by atoms with Crippen molar-refractivity contribution < 1.29 is 4.74 Å². The number of nitrogens with one attached hydrogen (secondary N) is 2. The average Bonchev–Trinajstić information content (AvgIpc) is 3.17. The van der Waals surface area contributed by atoms with Crippen LogP contribution in [0.25, 0.3) is 0 Å². The third kappa shape index (κ3) is 6.07. The monoisotopic (exact) mass is 492 g/mol. The fourth-order valence-corrected chi connectivity index (χ4v) is 4.99. The molecule has 3 heterocycles. The number of piperidine rings is 1. The summed E-state index contributed by atoms with van der Waals surface area (Å²) in [6.45, 7) is 3.89. The number of hydrogen-bond acceptors (Lipinski definition) is 4. The molecule has 3 rings (SSSR count). The number of guanidine groups is 1. The van der Waals surface area contributed by atoms with E-state index in [2.05, 4.69) is 45.1 Å². The SMILES string of the molecule is CN=C(NCC1CCCCO1)NCC1CCCN(C)C1c1cccs1.I. The highest BCUT2D eigenvalue weighted by atomic mass is 127. The first-order valence-electron chi connectivity index (χ1n) is 9.57. The van der Waals surface area contributed by atoms with Gasteiger partial charge in [-0.1, -0.05) is 6.07 Å². The normalized spacial score (nSPS) is 27.6. The van der Waals surface area contributed by atoms with Crippen LogP contribution in [0.15, 0.2) is 22.5 Å². The molecule has 3 unspecified atom stereocenters. The highest BCUT2D eigenvalue weighted by molar-refractivity contribution is 14.0. The predicted octanol–water partition coefficient (Wildman–Crippen LogP) is 3.48. The fraction of sp³-hybridized carbons (Fsp3) is 0.737. The topological polar surface area (TPSA) is 48.9 Å². The maximum Gasteiger partial charge on any atom is 0.191 e. The van der Waals surface area contributed by atoms with Crippen molar-refractivity contribution >= 4 is 41.3 Å². The first kappa shape index (κ1) is 21.9. The number of thiophene rings is 1. The molecule has 2 saturated heterocycles. The highest BCUT2D eigenvalue weighted by Crippen LogP contribution is 2.36. The first-order chi connectivity index (χ1) is 12.3. The van der Waals surface area contributed by atoms with Crippen molar-refractivity contribution in [3.63, 3.8) is 0 Å². The lowest BCUT2D eigenvalue weighted by Crippen LogP contribution is -2.46. The van der Waals surface area contributed by atoms with Gasteiger partial charge in [0.05, 0.1) is 6.10 Å². The molecule has 5 nitrogen and oxygen atoms in total. The van der Waals surface area contributed by atoms with Crippen molar-refractivity contribution in [2.45, 2.75) is 44.2 Å². The molecule has 148 valence electrons. The van der Waals surface area contributed by atoms with E-state index in [-0.39, 0.29) is 24.0 Å². The van der Waals surface area contributed by atoms with E-state index < -0.39 is 0 Å². The van der Waals surface area contributed by atoms with Crippen molar-refractivity contribution in [2.24, 2.45) is 10.9 Å². The third-order valence-corrected chi connectivity index (χ3v) is 6.31. The number of ether oxygens (including phenoxy) is 1. The standard InChI is InChI=1S/C19H32N4OS.HI/c1-20-19(22-14-16-8-3-4-11-24-16)21-13-15-7-5-10-23(2)18(15)17-9-6-12-25-17;/h6,9,12,15-16,18H,3-5,7-8,10-11,13-14H2,1-2H3,(H2,20,21,22);1H. The highest BCUT2D eigenvalue weighted by Gasteiger charge is 2.31. The Kier molecular flexibility index (Phi) is 9.66. The van der Waals surface area contributed by atoms with Crippen LogP contribution in [0.3, 0.4) is 0 Å². The second-order valence-corrected chi connectivity index (χ2v) is 8.15. The molecule has 2 fully saturated rings. The van der Waals surface area contributed by atoms with Crippen LogP contribution >= 0.6 is 35.3 Å². The van der Waals surface area contributed by atoms with E-state index in [1.165, 1.54) is 37.1 Å². The predicted molar refractivity (Wildman–Crippen MR) is 121 cm³/mol. The lowest BCUT2D eigenvalue weighted by atomic mass is 9.88. The van der Waals surface area contributed by atoms with Crippen molar-refractivity contribution in [1.82, 2.24) is 15.5 Å². The first-order valence-corrected chi connectivity index (χ1v) is 10.5. The fourth-order valence-electron chi connectivity index (χ4n) is 4.01. The van der Waals surface area contributed by atoms with Crippen molar-refractivity contribution in [3.8, 4) is 0 Å². The Balaban J connectivity index is 0.00000243. The van der Waals surface area contributed by atoms with E-state index in [4.69, 9.17) is 4.74 Å². The molecular formula is C19H33IN4OS. The molecule has 2 aliphatic rings. The van der Waals surface area contributed by atoms with Crippen LogP contribution in [0.5, 0.6) is 0 Å². The van der Waals surface area contributed by atoms with E-state index in [9.17, 15) is 0 Å². The minimum Gasteiger partial charge on any atom is -0.376 e. The summed E-state index contributed by atoms with van der Waals surface area (Å²) in [6, 6.07) is 4.95. The van der Waals surface area contributed by atoms with Gasteiger partial charge >= 0.3 is 0 Å². The molecule has 26 heavy (non-hydrogen) atoms. The molecule has 7 heteroatoms. The lowest BCUT2D eigenvalue weighted by molar-refractivity contribution is 0.0194. The summed E-state index contributed by atoms with van der Waals surface area (Å²) in [5.74, 6) is 1.51. The molecule has 0 radical (unpaired) electrons. The van der Waals surface area contributed by atoms with Gasteiger partial charge < -0.3 is 15.4 Å². The zero-order valence-corrected chi connectivity index (χ0v) is 19.1. The Morgan fingerprint density at radius 3 is 2.81 bits per heavy atom. The molecule has 3 atom stereocenters. The second kappa shape index (κ2) is 11.5. The number of aliphatic imine (C=N–C) groups is 1. The number of nitrogens with zero attached hydrogens (tertiary/aromatic N) is 2. The van der Waals surface area contributed by atoms with E-state index in [0.717, 1.165) is 32.1 Å². The zero-order chi connectivity index (χ0) is 17.5. The van der Waals surface area contributed by atoms with E-state index in [1.54, 1.807) is 0 Å². The Bertz CT molecular complexity index is 534. The van der Waals surface area contributed by atoms with Crippen LogP contribution in [0.4, 0.5) is 0 Å². The maximum absolute atomic E-state index is 5.80. The van der Waals surface area contributed by atoms with Gasteiger partial charge in [-0.05, 0) is 63.1 Å². The zero-order valence-electron chi connectivity index (χ0n) is 15.9. The van der Waals surface area contributed by atoms with E-state index >= 15 is 0 Å². The van der Waals surface area contributed by atoms with Gasteiger partial charge in [-0.2, -0.15) is 0 Å². The summed E-state index contributed by atoms with van der Waals surface area (Å²) in [4.78, 5) is 8.38.